The Morgan fingerprint density at radius 1 is 1.40 bits per heavy atom. The monoisotopic (exact) mass is 284 g/mol. The average Bonchev–Trinajstić information content (AvgIpc) is 2.80. The summed E-state index contributed by atoms with van der Waals surface area (Å²) in [6.07, 6.45) is 5.16. The first-order valence-corrected chi connectivity index (χ1v) is 7.60. The molecule has 0 bridgehead atoms. The van der Waals surface area contributed by atoms with Gasteiger partial charge in [-0.1, -0.05) is 20.4 Å². The highest BCUT2D eigenvalue weighted by molar-refractivity contribution is 5.88. The molecule has 0 radical (unpaired) electrons. The second kappa shape index (κ2) is 8.42. The maximum Gasteiger partial charge on any atom is 0.336 e. The van der Waals surface area contributed by atoms with Crippen molar-refractivity contribution in [1.82, 2.24) is 0 Å². The van der Waals surface area contributed by atoms with Crippen LogP contribution >= 0.6 is 0 Å². The molecule has 0 aliphatic heterocycles. The van der Waals surface area contributed by atoms with Gasteiger partial charge in [0.1, 0.15) is 6.10 Å². The van der Waals surface area contributed by atoms with Crippen molar-refractivity contribution in [2.75, 3.05) is 6.61 Å². The van der Waals surface area contributed by atoms with Gasteiger partial charge in [-0.3, -0.25) is 0 Å². The SMILES string of the molecule is C=C(CO)C(=O)OC(CCC1CCC(O)C1)CC(C)C. The van der Waals surface area contributed by atoms with E-state index in [2.05, 4.69) is 20.4 Å². The van der Waals surface area contributed by atoms with Crippen LogP contribution in [0.5, 0.6) is 0 Å². The summed E-state index contributed by atoms with van der Waals surface area (Å²) >= 11 is 0. The van der Waals surface area contributed by atoms with Gasteiger partial charge in [-0.2, -0.15) is 0 Å². The largest absolute Gasteiger partial charge is 0.459 e. The fourth-order valence-electron chi connectivity index (χ4n) is 2.78. The Balaban J connectivity index is 2.43. The van der Waals surface area contributed by atoms with Crippen molar-refractivity contribution in [3.8, 4) is 0 Å². The standard InChI is InChI=1S/C16H28O4/c1-11(2)8-15(20-16(19)12(3)10-17)7-5-13-4-6-14(18)9-13/h11,13-15,17-18H,3-10H2,1-2H3. The summed E-state index contributed by atoms with van der Waals surface area (Å²) < 4.78 is 5.44. The predicted octanol–water partition coefficient (Wildman–Crippen LogP) is 2.43. The van der Waals surface area contributed by atoms with Crippen LogP contribution in [-0.2, 0) is 9.53 Å². The van der Waals surface area contributed by atoms with Crippen LogP contribution in [0.4, 0.5) is 0 Å². The third-order valence-electron chi connectivity index (χ3n) is 3.90. The van der Waals surface area contributed by atoms with Gasteiger partial charge < -0.3 is 14.9 Å². The van der Waals surface area contributed by atoms with Crippen molar-refractivity contribution >= 4 is 5.97 Å². The fraction of sp³-hybridized carbons (Fsp3) is 0.812. The molecule has 1 rings (SSSR count). The number of hydrogen-bond acceptors (Lipinski definition) is 4. The number of esters is 1. The Hall–Kier alpha value is -0.870. The normalized spacial score (nSPS) is 23.9. The van der Waals surface area contributed by atoms with Crippen LogP contribution in [0.25, 0.3) is 0 Å². The summed E-state index contributed by atoms with van der Waals surface area (Å²) in [5.41, 5.74) is 0.107. The Morgan fingerprint density at radius 3 is 2.60 bits per heavy atom. The molecule has 116 valence electrons. The molecular weight excluding hydrogens is 256 g/mol. The molecule has 0 spiro atoms. The first-order valence-electron chi connectivity index (χ1n) is 7.60. The Kier molecular flexibility index (Phi) is 7.24. The first kappa shape index (κ1) is 17.2. The van der Waals surface area contributed by atoms with Crippen LogP contribution in [0.1, 0.15) is 52.4 Å². The lowest BCUT2D eigenvalue weighted by Gasteiger charge is -2.21. The summed E-state index contributed by atoms with van der Waals surface area (Å²) in [6, 6.07) is 0. The van der Waals surface area contributed by atoms with E-state index < -0.39 is 5.97 Å². The van der Waals surface area contributed by atoms with Crippen molar-refractivity contribution in [1.29, 1.82) is 0 Å². The summed E-state index contributed by atoms with van der Waals surface area (Å²) in [6.45, 7) is 7.33. The zero-order valence-electron chi connectivity index (χ0n) is 12.7. The van der Waals surface area contributed by atoms with Crippen molar-refractivity contribution in [2.24, 2.45) is 11.8 Å². The van der Waals surface area contributed by atoms with Crippen LogP contribution < -0.4 is 0 Å². The van der Waals surface area contributed by atoms with E-state index in [4.69, 9.17) is 9.84 Å². The number of aliphatic hydroxyl groups excluding tert-OH is 2. The average molecular weight is 284 g/mol. The highest BCUT2D eigenvalue weighted by atomic mass is 16.5. The maximum atomic E-state index is 11.7. The van der Waals surface area contributed by atoms with Gasteiger partial charge >= 0.3 is 5.97 Å². The topological polar surface area (TPSA) is 66.8 Å². The van der Waals surface area contributed by atoms with Gasteiger partial charge in [0.15, 0.2) is 0 Å². The Bertz CT molecular complexity index is 324. The molecule has 0 aromatic carbocycles. The molecule has 1 aliphatic carbocycles. The lowest BCUT2D eigenvalue weighted by atomic mass is 9.95. The third-order valence-corrected chi connectivity index (χ3v) is 3.90. The maximum absolute atomic E-state index is 11.7. The number of rotatable bonds is 8. The van der Waals surface area contributed by atoms with E-state index in [0.717, 1.165) is 38.5 Å². The van der Waals surface area contributed by atoms with E-state index in [9.17, 15) is 9.90 Å². The minimum Gasteiger partial charge on any atom is -0.459 e. The molecule has 4 heteroatoms. The number of aliphatic hydroxyl groups is 2. The van der Waals surface area contributed by atoms with Gasteiger partial charge in [-0.15, -0.1) is 0 Å². The number of carbonyl (C=O) groups is 1. The van der Waals surface area contributed by atoms with E-state index in [1.807, 2.05) is 0 Å². The van der Waals surface area contributed by atoms with Crippen LogP contribution in [0.15, 0.2) is 12.2 Å². The molecule has 3 atom stereocenters. The zero-order valence-corrected chi connectivity index (χ0v) is 12.7. The summed E-state index contributed by atoms with van der Waals surface area (Å²) in [5.74, 6) is 0.494. The van der Waals surface area contributed by atoms with Gasteiger partial charge in [0.2, 0.25) is 0 Å². The van der Waals surface area contributed by atoms with Crippen LogP contribution in [-0.4, -0.2) is 35.0 Å². The van der Waals surface area contributed by atoms with Gasteiger partial charge in [0.05, 0.1) is 18.3 Å². The smallest absolute Gasteiger partial charge is 0.336 e. The summed E-state index contributed by atoms with van der Waals surface area (Å²) in [5, 5.41) is 18.4. The number of carbonyl (C=O) groups excluding carboxylic acids is 1. The lowest BCUT2D eigenvalue weighted by molar-refractivity contribution is -0.146. The molecule has 0 aromatic rings. The molecule has 0 amide bonds. The molecule has 2 N–H and O–H groups in total. The predicted molar refractivity (Wildman–Crippen MR) is 78.1 cm³/mol. The van der Waals surface area contributed by atoms with Crippen LogP contribution in [0, 0.1) is 11.8 Å². The van der Waals surface area contributed by atoms with E-state index >= 15 is 0 Å². The summed E-state index contributed by atoms with van der Waals surface area (Å²) in [4.78, 5) is 11.7. The van der Waals surface area contributed by atoms with Crippen molar-refractivity contribution in [3.05, 3.63) is 12.2 Å². The molecule has 1 fully saturated rings. The minimum absolute atomic E-state index is 0.107. The molecule has 0 heterocycles. The van der Waals surface area contributed by atoms with E-state index in [1.54, 1.807) is 0 Å². The molecule has 4 nitrogen and oxygen atoms in total. The number of hydrogen-bond donors (Lipinski definition) is 2. The lowest BCUT2D eigenvalue weighted by Crippen LogP contribution is -2.22. The fourth-order valence-corrected chi connectivity index (χ4v) is 2.78. The second-order valence-electron chi connectivity index (χ2n) is 6.33. The molecule has 1 saturated carbocycles. The number of ether oxygens (including phenoxy) is 1. The van der Waals surface area contributed by atoms with E-state index in [-0.39, 0.29) is 24.4 Å². The van der Waals surface area contributed by atoms with Gasteiger partial charge in [-0.05, 0) is 50.4 Å². The summed E-state index contributed by atoms with van der Waals surface area (Å²) in [7, 11) is 0. The molecule has 0 aromatic heterocycles. The molecule has 1 aliphatic rings. The Labute approximate surface area is 121 Å². The molecule has 0 saturated heterocycles. The van der Waals surface area contributed by atoms with Gasteiger partial charge in [0.25, 0.3) is 0 Å². The van der Waals surface area contributed by atoms with Crippen LogP contribution in [0.2, 0.25) is 0 Å². The second-order valence-corrected chi connectivity index (χ2v) is 6.33. The third kappa shape index (κ3) is 6.06. The zero-order chi connectivity index (χ0) is 15.1. The quantitative estimate of drug-likeness (QED) is 0.530. The van der Waals surface area contributed by atoms with E-state index in [1.165, 1.54) is 0 Å². The molecule has 3 unspecified atom stereocenters. The van der Waals surface area contributed by atoms with Crippen molar-refractivity contribution < 1.29 is 19.7 Å². The highest BCUT2D eigenvalue weighted by Crippen LogP contribution is 2.30. The van der Waals surface area contributed by atoms with E-state index in [0.29, 0.717) is 11.8 Å². The van der Waals surface area contributed by atoms with Gasteiger partial charge in [0, 0.05) is 0 Å². The van der Waals surface area contributed by atoms with Gasteiger partial charge in [-0.25, -0.2) is 4.79 Å². The molecular formula is C16H28O4. The molecule has 20 heavy (non-hydrogen) atoms. The van der Waals surface area contributed by atoms with Crippen LogP contribution in [0.3, 0.4) is 0 Å². The first-order chi connectivity index (χ1) is 9.42. The van der Waals surface area contributed by atoms with Crippen molar-refractivity contribution in [3.63, 3.8) is 0 Å². The minimum atomic E-state index is -0.496. The van der Waals surface area contributed by atoms with Crippen molar-refractivity contribution in [2.45, 2.75) is 64.6 Å². The Morgan fingerprint density at radius 2 is 2.10 bits per heavy atom. The highest BCUT2D eigenvalue weighted by Gasteiger charge is 2.25.